The quantitative estimate of drug-likeness (QED) is 0.571. The molecule has 0 spiro atoms. The van der Waals surface area contributed by atoms with Crippen LogP contribution >= 0.6 is 0 Å². The third-order valence-electron chi connectivity index (χ3n) is 6.43. The van der Waals surface area contributed by atoms with Crippen molar-refractivity contribution in [3.05, 3.63) is 82.9 Å². The van der Waals surface area contributed by atoms with E-state index in [2.05, 4.69) is 10.3 Å². The molecule has 0 atom stereocenters. The summed E-state index contributed by atoms with van der Waals surface area (Å²) in [6.45, 7) is 2.81. The van der Waals surface area contributed by atoms with Crippen LogP contribution in [0.4, 0.5) is 5.82 Å². The lowest BCUT2D eigenvalue weighted by atomic mass is 9.95. The highest BCUT2D eigenvalue weighted by Crippen LogP contribution is 2.27. The SMILES string of the molecule is Cc1ccc(NC(=O)C2CCN(C(=O)c3ccc4c(c3)C(=O)N(Cc3ccco3)C4=O)CC2)nc1. The predicted molar refractivity (Wildman–Crippen MR) is 126 cm³/mol. The first-order valence-corrected chi connectivity index (χ1v) is 11.5. The van der Waals surface area contributed by atoms with Gasteiger partial charge in [0.05, 0.1) is 23.9 Å². The van der Waals surface area contributed by atoms with Crippen molar-refractivity contribution in [1.82, 2.24) is 14.8 Å². The Morgan fingerprint density at radius 2 is 1.83 bits per heavy atom. The lowest BCUT2D eigenvalue weighted by Crippen LogP contribution is -2.41. The summed E-state index contributed by atoms with van der Waals surface area (Å²) in [5.41, 5.74) is 1.85. The number of aromatic nitrogens is 1. The van der Waals surface area contributed by atoms with Crippen LogP contribution in [0.25, 0.3) is 0 Å². The van der Waals surface area contributed by atoms with Crippen LogP contribution in [0.2, 0.25) is 0 Å². The number of pyridine rings is 1. The van der Waals surface area contributed by atoms with Crippen LogP contribution in [0.1, 0.15) is 55.2 Å². The van der Waals surface area contributed by atoms with Gasteiger partial charge in [0.2, 0.25) is 5.91 Å². The fraction of sp³-hybridized carbons (Fsp3) is 0.269. The van der Waals surface area contributed by atoms with Crippen LogP contribution in [-0.4, -0.2) is 51.5 Å². The zero-order valence-corrected chi connectivity index (χ0v) is 19.2. The van der Waals surface area contributed by atoms with Gasteiger partial charge in [-0.25, -0.2) is 4.98 Å². The summed E-state index contributed by atoms with van der Waals surface area (Å²) in [6.07, 6.45) is 4.24. The molecule has 9 heteroatoms. The number of amides is 4. The first-order chi connectivity index (χ1) is 16.9. The summed E-state index contributed by atoms with van der Waals surface area (Å²) in [5.74, 6) is -0.385. The average molecular weight is 473 g/mol. The highest BCUT2D eigenvalue weighted by molar-refractivity contribution is 6.22. The van der Waals surface area contributed by atoms with Gasteiger partial charge in [0.25, 0.3) is 17.7 Å². The highest BCUT2D eigenvalue weighted by atomic mass is 16.3. The van der Waals surface area contributed by atoms with Gasteiger partial charge in [-0.3, -0.25) is 24.1 Å². The minimum Gasteiger partial charge on any atom is -0.467 e. The van der Waals surface area contributed by atoms with Gasteiger partial charge in [0.1, 0.15) is 11.6 Å². The Kier molecular flexibility index (Phi) is 5.90. The van der Waals surface area contributed by atoms with Crippen molar-refractivity contribution in [3.63, 3.8) is 0 Å². The first-order valence-electron chi connectivity index (χ1n) is 11.5. The lowest BCUT2D eigenvalue weighted by Gasteiger charge is -2.31. The molecule has 4 amide bonds. The Labute approximate surface area is 201 Å². The number of likely N-dealkylation sites (tertiary alicyclic amines) is 1. The third-order valence-corrected chi connectivity index (χ3v) is 6.43. The predicted octanol–water partition coefficient (Wildman–Crippen LogP) is 3.27. The molecule has 9 nitrogen and oxygen atoms in total. The van der Waals surface area contributed by atoms with Crippen molar-refractivity contribution in [1.29, 1.82) is 0 Å². The second-order valence-corrected chi connectivity index (χ2v) is 8.81. The van der Waals surface area contributed by atoms with Crippen molar-refractivity contribution in [3.8, 4) is 0 Å². The smallest absolute Gasteiger partial charge is 0.261 e. The van der Waals surface area contributed by atoms with Crippen molar-refractivity contribution < 1.29 is 23.6 Å². The molecule has 2 aliphatic heterocycles. The number of anilines is 1. The van der Waals surface area contributed by atoms with Gasteiger partial charge in [-0.1, -0.05) is 6.07 Å². The van der Waals surface area contributed by atoms with E-state index in [1.165, 1.54) is 18.4 Å². The molecule has 35 heavy (non-hydrogen) atoms. The maximum absolute atomic E-state index is 13.1. The normalized spacial score (nSPS) is 15.9. The number of fused-ring (bicyclic) bond motifs is 1. The van der Waals surface area contributed by atoms with E-state index in [1.807, 2.05) is 13.0 Å². The Balaban J connectivity index is 1.22. The molecule has 2 aromatic heterocycles. The number of hydrogen-bond donors (Lipinski definition) is 1. The van der Waals surface area contributed by atoms with E-state index >= 15 is 0 Å². The van der Waals surface area contributed by atoms with Gasteiger partial charge in [-0.05, 0) is 61.7 Å². The van der Waals surface area contributed by atoms with E-state index in [9.17, 15) is 19.2 Å². The summed E-state index contributed by atoms with van der Waals surface area (Å²) < 4.78 is 5.26. The number of hydrogen-bond acceptors (Lipinski definition) is 6. The summed E-state index contributed by atoms with van der Waals surface area (Å²) in [5, 5.41) is 2.84. The van der Waals surface area contributed by atoms with E-state index in [4.69, 9.17) is 4.42 Å². The summed E-state index contributed by atoms with van der Waals surface area (Å²) in [6, 6.07) is 11.6. The van der Waals surface area contributed by atoms with Gasteiger partial charge in [-0.2, -0.15) is 0 Å². The Morgan fingerprint density at radius 3 is 2.51 bits per heavy atom. The summed E-state index contributed by atoms with van der Waals surface area (Å²) in [7, 11) is 0. The number of nitrogens with one attached hydrogen (secondary N) is 1. The van der Waals surface area contributed by atoms with Crippen LogP contribution in [0.3, 0.4) is 0 Å². The van der Waals surface area contributed by atoms with Crippen LogP contribution in [-0.2, 0) is 11.3 Å². The molecular formula is C26H24N4O5. The van der Waals surface area contributed by atoms with Crippen molar-refractivity contribution >= 4 is 29.4 Å². The molecule has 178 valence electrons. The third kappa shape index (κ3) is 4.44. The molecule has 5 rings (SSSR count). The molecular weight excluding hydrogens is 448 g/mol. The number of piperidine rings is 1. The maximum atomic E-state index is 13.1. The van der Waals surface area contributed by atoms with E-state index in [1.54, 1.807) is 35.4 Å². The minimum absolute atomic E-state index is 0.0380. The Morgan fingerprint density at radius 1 is 1.06 bits per heavy atom. The van der Waals surface area contributed by atoms with Crippen molar-refractivity contribution in [2.75, 3.05) is 18.4 Å². The molecule has 3 aromatic rings. The average Bonchev–Trinajstić information content (AvgIpc) is 3.48. The maximum Gasteiger partial charge on any atom is 0.261 e. The molecule has 0 saturated carbocycles. The molecule has 1 saturated heterocycles. The van der Waals surface area contributed by atoms with Gasteiger partial charge in [0, 0.05) is 30.8 Å². The van der Waals surface area contributed by atoms with E-state index < -0.39 is 11.8 Å². The highest BCUT2D eigenvalue weighted by Gasteiger charge is 2.37. The van der Waals surface area contributed by atoms with Gasteiger partial charge in [0.15, 0.2) is 0 Å². The van der Waals surface area contributed by atoms with Crippen molar-refractivity contribution in [2.24, 2.45) is 5.92 Å². The fourth-order valence-electron chi connectivity index (χ4n) is 4.42. The van der Waals surface area contributed by atoms with E-state index in [0.29, 0.717) is 43.1 Å². The van der Waals surface area contributed by atoms with Gasteiger partial charge >= 0.3 is 0 Å². The second-order valence-electron chi connectivity index (χ2n) is 8.81. The fourth-order valence-corrected chi connectivity index (χ4v) is 4.42. The Bertz CT molecular complexity index is 1290. The van der Waals surface area contributed by atoms with Crippen molar-refractivity contribution in [2.45, 2.75) is 26.3 Å². The molecule has 1 aromatic carbocycles. The topological polar surface area (TPSA) is 113 Å². The lowest BCUT2D eigenvalue weighted by molar-refractivity contribution is -0.121. The Hall–Kier alpha value is -4.27. The zero-order valence-electron chi connectivity index (χ0n) is 19.2. The summed E-state index contributed by atoms with van der Waals surface area (Å²) in [4.78, 5) is 58.3. The molecule has 1 N–H and O–H groups in total. The number of furan rings is 1. The van der Waals surface area contributed by atoms with E-state index in [0.717, 1.165) is 10.5 Å². The number of carbonyl (C=O) groups is 4. The minimum atomic E-state index is -0.448. The van der Waals surface area contributed by atoms with Crippen LogP contribution in [0.15, 0.2) is 59.3 Å². The molecule has 2 aliphatic rings. The van der Waals surface area contributed by atoms with Crippen LogP contribution in [0.5, 0.6) is 0 Å². The number of imide groups is 1. The number of benzene rings is 1. The zero-order chi connectivity index (χ0) is 24.5. The molecule has 4 heterocycles. The standard InChI is InChI=1S/C26H24N4O5/c1-16-4-7-22(27-14-16)28-23(31)17-8-10-29(11-9-17)24(32)18-5-6-20-21(13-18)26(34)30(25(20)33)15-19-3-2-12-35-19/h2-7,12-14,17H,8-11,15H2,1H3,(H,27,28,31). The number of carbonyl (C=O) groups excluding carboxylic acids is 4. The first kappa shape index (κ1) is 22.5. The largest absolute Gasteiger partial charge is 0.467 e. The van der Waals surface area contributed by atoms with Gasteiger partial charge < -0.3 is 14.6 Å². The molecule has 0 aliphatic carbocycles. The van der Waals surface area contributed by atoms with Crippen LogP contribution < -0.4 is 5.32 Å². The number of nitrogens with zero attached hydrogens (tertiary/aromatic N) is 3. The monoisotopic (exact) mass is 472 g/mol. The second kappa shape index (κ2) is 9.17. The molecule has 1 fully saturated rings. The van der Waals surface area contributed by atoms with Gasteiger partial charge in [-0.15, -0.1) is 0 Å². The molecule has 0 unspecified atom stereocenters. The number of rotatable bonds is 5. The van der Waals surface area contributed by atoms with E-state index in [-0.39, 0.29) is 35.4 Å². The number of aryl methyl sites for hydroxylation is 1. The van der Waals surface area contributed by atoms with Crippen LogP contribution in [0, 0.1) is 12.8 Å². The molecule has 0 radical (unpaired) electrons. The summed E-state index contributed by atoms with van der Waals surface area (Å²) >= 11 is 0. The molecule has 0 bridgehead atoms.